The number of halogens is 3. The molecular formula is C17H9Cl2FN2S. The Morgan fingerprint density at radius 3 is 2.65 bits per heavy atom. The van der Waals surface area contributed by atoms with Crippen LogP contribution in [0.5, 0.6) is 0 Å². The lowest BCUT2D eigenvalue weighted by Gasteiger charge is -2.06. The molecule has 0 amide bonds. The maximum absolute atomic E-state index is 13.4. The second-order valence-corrected chi connectivity index (χ2v) is 6.55. The highest BCUT2D eigenvalue weighted by atomic mass is 35.5. The highest BCUT2D eigenvalue weighted by Gasteiger charge is 2.20. The van der Waals surface area contributed by atoms with Crippen molar-refractivity contribution < 1.29 is 4.39 Å². The number of hydrogen-bond donors (Lipinski definition) is 1. The van der Waals surface area contributed by atoms with E-state index in [1.807, 2.05) is 0 Å². The van der Waals surface area contributed by atoms with Crippen LogP contribution in [-0.4, -0.2) is 4.98 Å². The van der Waals surface area contributed by atoms with E-state index in [1.165, 1.54) is 23.6 Å². The number of benzene rings is 1. The molecule has 2 heterocycles. The van der Waals surface area contributed by atoms with Gasteiger partial charge in [0, 0.05) is 28.4 Å². The summed E-state index contributed by atoms with van der Waals surface area (Å²) in [5.74, 6) is 2.04. The number of terminal acetylenes is 1. The molecule has 114 valence electrons. The Balaban J connectivity index is 2.25. The predicted molar refractivity (Wildman–Crippen MR) is 95.3 cm³/mol. The number of aromatic nitrogens is 1. The summed E-state index contributed by atoms with van der Waals surface area (Å²) in [5.41, 5.74) is 8.71. The molecule has 0 unspecified atom stereocenters. The van der Waals surface area contributed by atoms with Gasteiger partial charge in [0.05, 0.1) is 20.5 Å². The molecule has 1 aromatic carbocycles. The van der Waals surface area contributed by atoms with Crippen LogP contribution < -0.4 is 5.73 Å². The average molecular weight is 363 g/mol. The Labute approximate surface area is 146 Å². The molecule has 2 nitrogen and oxygen atoms in total. The van der Waals surface area contributed by atoms with Gasteiger partial charge in [-0.25, -0.2) is 4.98 Å². The number of hydrogen-bond acceptors (Lipinski definition) is 3. The summed E-state index contributed by atoms with van der Waals surface area (Å²) in [7, 11) is 0. The molecule has 2 aromatic heterocycles. The van der Waals surface area contributed by atoms with E-state index >= 15 is 0 Å². The van der Waals surface area contributed by atoms with E-state index in [9.17, 15) is 4.39 Å². The zero-order chi connectivity index (χ0) is 16.6. The van der Waals surface area contributed by atoms with Crippen molar-refractivity contribution in [2.24, 2.45) is 0 Å². The van der Waals surface area contributed by atoms with Crippen molar-refractivity contribution in [1.29, 1.82) is 0 Å². The molecule has 0 bridgehead atoms. The lowest BCUT2D eigenvalue weighted by atomic mass is 10.0. The third-order valence-electron chi connectivity index (χ3n) is 3.27. The molecule has 2 N–H and O–H groups in total. The van der Waals surface area contributed by atoms with E-state index in [4.69, 9.17) is 35.4 Å². The maximum Gasteiger partial charge on any atom is 0.213 e. The van der Waals surface area contributed by atoms with Gasteiger partial charge in [-0.3, -0.25) is 0 Å². The first-order valence-corrected chi connectivity index (χ1v) is 8.04. The third-order valence-corrected chi connectivity index (χ3v) is 5.00. The van der Waals surface area contributed by atoms with Gasteiger partial charge in [-0.05, 0) is 23.8 Å². The van der Waals surface area contributed by atoms with Crippen LogP contribution in [-0.2, 0) is 0 Å². The Kier molecular flexibility index (Phi) is 4.27. The number of pyridine rings is 1. The number of nitrogens with zero attached hydrogens (tertiary/aromatic N) is 1. The number of nitrogens with two attached hydrogens (primary N) is 1. The zero-order valence-electron chi connectivity index (χ0n) is 11.6. The van der Waals surface area contributed by atoms with Crippen molar-refractivity contribution in [3.63, 3.8) is 0 Å². The van der Waals surface area contributed by atoms with Gasteiger partial charge in [-0.2, -0.15) is 4.39 Å². The standard InChI is InChI=1S/C17H9Cl2FN2S/c1-2-13-15(11-4-3-10(18)8-12(11)19)16(21)17(23-13)9-5-6-22-14(20)7-9/h1,3-8H,21H2. The summed E-state index contributed by atoms with van der Waals surface area (Å²) < 4.78 is 13.4. The van der Waals surface area contributed by atoms with Crippen molar-refractivity contribution in [2.45, 2.75) is 0 Å². The fraction of sp³-hybridized carbons (Fsp3) is 0. The van der Waals surface area contributed by atoms with Crippen molar-refractivity contribution in [3.8, 4) is 33.9 Å². The first-order chi connectivity index (χ1) is 11.0. The van der Waals surface area contributed by atoms with Crippen LogP contribution in [0.4, 0.5) is 10.1 Å². The number of rotatable bonds is 2. The lowest BCUT2D eigenvalue weighted by molar-refractivity contribution is 0.584. The molecule has 0 spiro atoms. The van der Waals surface area contributed by atoms with Crippen molar-refractivity contribution in [1.82, 2.24) is 4.98 Å². The normalized spacial score (nSPS) is 10.5. The fourth-order valence-corrected chi connectivity index (χ4v) is 3.81. The van der Waals surface area contributed by atoms with Crippen molar-refractivity contribution in [2.75, 3.05) is 5.73 Å². The summed E-state index contributed by atoms with van der Waals surface area (Å²) >= 11 is 13.5. The molecule has 0 aliphatic heterocycles. The second-order valence-electron chi connectivity index (χ2n) is 4.68. The first-order valence-electron chi connectivity index (χ1n) is 6.47. The van der Waals surface area contributed by atoms with Crippen LogP contribution in [0.2, 0.25) is 10.0 Å². The Bertz CT molecular complexity index is 944. The van der Waals surface area contributed by atoms with Gasteiger partial charge in [-0.15, -0.1) is 17.8 Å². The summed E-state index contributed by atoms with van der Waals surface area (Å²) in [6.45, 7) is 0. The van der Waals surface area contributed by atoms with Crippen LogP contribution in [0.3, 0.4) is 0 Å². The van der Waals surface area contributed by atoms with Crippen LogP contribution in [0.25, 0.3) is 21.6 Å². The topological polar surface area (TPSA) is 38.9 Å². The van der Waals surface area contributed by atoms with E-state index in [0.717, 1.165) is 0 Å². The molecule has 0 fully saturated rings. The largest absolute Gasteiger partial charge is 0.397 e. The molecule has 6 heteroatoms. The Morgan fingerprint density at radius 1 is 1.22 bits per heavy atom. The summed E-state index contributed by atoms with van der Waals surface area (Å²) in [4.78, 5) is 4.85. The van der Waals surface area contributed by atoms with Gasteiger partial charge in [-0.1, -0.05) is 35.2 Å². The molecule has 0 aliphatic rings. The minimum Gasteiger partial charge on any atom is -0.397 e. The van der Waals surface area contributed by atoms with Crippen molar-refractivity contribution >= 4 is 40.2 Å². The van der Waals surface area contributed by atoms with Gasteiger partial charge < -0.3 is 5.73 Å². The highest BCUT2D eigenvalue weighted by molar-refractivity contribution is 7.17. The first kappa shape index (κ1) is 15.8. The predicted octanol–water partition coefficient (Wildman–Crippen LogP) is 5.49. The Morgan fingerprint density at radius 2 is 2.00 bits per heavy atom. The van der Waals surface area contributed by atoms with Crippen LogP contribution in [0.15, 0.2) is 36.5 Å². The van der Waals surface area contributed by atoms with Crippen LogP contribution in [0, 0.1) is 18.3 Å². The quantitative estimate of drug-likeness (QED) is 0.483. The average Bonchev–Trinajstić information content (AvgIpc) is 2.84. The summed E-state index contributed by atoms with van der Waals surface area (Å²) in [6.07, 6.45) is 6.99. The van der Waals surface area contributed by atoms with E-state index in [0.29, 0.717) is 42.2 Å². The Hall–Kier alpha value is -2.06. The summed E-state index contributed by atoms with van der Waals surface area (Å²) in [6, 6.07) is 8.10. The molecule has 0 aliphatic carbocycles. The fourth-order valence-electron chi connectivity index (χ4n) is 2.26. The van der Waals surface area contributed by atoms with Gasteiger partial charge in [0.2, 0.25) is 5.95 Å². The van der Waals surface area contributed by atoms with Gasteiger partial charge in [0.15, 0.2) is 0 Å². The van der Waals surface area contributed by atoms with Crippen molar-refractivity contribution in [3.05, 3.63) is 57.4 Å². The molecule has 0 saturated heterocycles. The maximum atomic E-state index is 13.4. The molecule has 0 radical (unpaired) electrons. The van der Waals surface area contributed by atoms with E-state index < -0.39 is 5.95 Å². The summed E-state index contributed by atoms with van der Waals surface area (Å²) in [5, 5.41) is 0.970. The molecular weight excluding hydrogens is 354 g/mol. The van der Waals surface area contributed by atoms with E-state index in [-0.39, 0.29) is 0 Å². The number of anilines is 1. The van der Waals surface area contributed by atoms with Gasteiger partial charge >= 0.3 is 0 Å². The van der Waals surface area contributed by atoms with Gasteiger partial charge in [0.25, 0.3) is 0 Å². The molecule has 3 aromatic rings. The second kappa shape index (κ2) is 6.21. The number of thiophene rings is 1. The third kappa shape index (κ3) is 2.91. The minimum absolute atomic E-state index is 0.450. The van der Waals surface area contributed by atoms with E-state index in [1.54, 1.807) is 24.3 Å². The molecule has 3 rings (SSSR count). The smallest absolute Gasteiger partial charge is 0.213 e. The highest BCUT2D eigenvalue weighted by Crippen LogP contribution is 2.46. The molecule has 23 heavy (non-hydrogen) atoms. The van der Waals surface area contributed by atoms with Gasteiger partial charge in [0.1, 0.15) is 0 Å². The SMILES string of the molecule is C#Cc1sc(-c2ccnc(F)c2)c(N)c1-c1ccc(Cl)cc1Cl. The van der Waals surface area contributed by atoms with Crippen LogP contribution >= 0.6 is 34.5 Å². The van der Waals surface area contributed by atoms with E-state index in [2.05, 4.69) is 10.9 Å². The zero-order valence-corrected chi connectivity index (χ0v) is 13.9. The number of nitrogen functional groups attached to an aromatic ring is 1. The lowest BCUT2D eigenvalue weighted by Crippen LogP contribution is -1.91. The molecule has 0 saturated carbocycles. The minimum atomic E-state index is -0.580. The monoisotopic (exact) mass is 362 g/mol. The molecule has 0 atom stereocenters. The van der Waals surface area contributed by atoms with Crippen LogP contribution in [0.1, 0.15) is 4.88 Å².